The fraction of sp³-hybridized carbons (Fsp3) is 0.400. The molecule has 0 radical (unpaired) electrons. The maximum atomic E-state index is 16.1. The normalized spacial score (nSPS) is 23.8. The summed E-state index contributed by atoms with van der Waals surface area (Å²) < 4.78 is 52.6. The first-order valence-corrected chi connectivity index (χ1v) is 13.7. The Hall–Kier alpha value is -2.98. The van der Waals surface area contributed by atoms with Crippen LogP contribution in [0.3, 0.4) is 0 Å². The van der Waals surface area contributed by atoms with Crippen molar-refractivity contribution in [3.63, 3.8) is 0 Å². The standard InChI is InChI=1S/C30H34F3N7O.W/c31-23-1-2-26(36)39-28(23)27-20(15-22(17-24(27)32)30(33)5-11-41-12-6-30)14-21-13-19(18-3-8-38-9-4-18)16-25(35)29(21)40(37)10-7-34;/h1-3,7-10,15,17,19,21,25,29H,5-6,11-14,16,34-35,37H2,(H-,36,39);/q-2;+2/b10-7-;. The van der Waals surface area contributed by atoms with Crippen LogP contribution >= 0.6 is 0 Å². The summed E-state index contributed by atoms with van der Waals surface area (Å²) in [5.41, 5.74) is 19.6. The van der Waals surface area contributed by atoms with Gasteiger partial charge in [0.1, 0.15) is 17.3 Å². The second kappa shape index (κ2) is 13.5. The molecule has 0 amide bonds. The Kier molecular flexibility index (Phi) is 10.3. The summed E-state index contributed by atoms with van der Waals surface area (Å²) in [6.45, 7) is 0.424. The second-order valence-electron chi connectivity index (χ2n) is 10.9. The van der Waals surface area contributed by atoms with E-state index in [1.807, 2.05) is 6.07 Å². The van der Waals surface area contributed by atoms with Crippen LogP contribution in [0.15, 0.2) is 55.1 Å². The van der Waals surface area contributed by atoms with Gasteiger partial charge in [-0.25, -0.2) is 30.6 Å². The predicted molar refractivity (Wildman–Crippen MR) is 150 cm³/mol. The van der Waals surface area contributed by atoms with E-state index in [0.29, 0.717) is 18.4 Å². The van der Waals surface area contributed by atoms with Gasteiger partial charge < -0.3 is 36.9 Å². The van der Waals surface area contributed by atoms with Crippen LogP contribution in [-0.2, 0) is 37.9 Å². The Labute approximate surface area is 257 Å². The third-order valence-corrected chi connectivity index (χ3v) is 8.29. The molecule has 2 aliphatic rings. The van der Waals surface area contributed by atoms with Crippen molar-refractivity contribution in [3.05, 3.63) is 95.3 Å². The summed E-state index contributed by atoms with van der Waals surface area (Å²) in [4.78, 5) is 8.08. The molecule has 12 heteroatoms. The van der Waals surface area contributed by atoms with Crippen molar-refractivity contribution >= 4 is 5.82 Å². The van der Waals surface area contributed by atoms with E-state index >= 15 is 13.2 Å². The molecule has 2 fully saturated rings. The van der Waals surface area contributed by atoms with E-state index in [4.69, 9.17) is 27.8 Å². The zero-order valence-corrected chi connectivity index (χ0v) is 25.9. The molecule has 222 valence electrons. The van der Waals surface area contributed by atoms with E-state index in [1.54, 1.807) is 18.5 Å². The number of hydrazine groups is 1. The number of alkyl halides is 1. The molecule has 0 spiro atoms. The molecular weight excluding hydrogens is 715 g/mol. The Morgan fingerprint density at radius 1 is 1.14 bits per heavy atom. The van der Waals surface area contributed by atoms with Crippen molar-refractivity contribution in [2.24, 2.45) is 23.2 Å². The van der Waals surface area contributed by atoms with Crippen LogP contribution in [0.1, 0.15) is 48.3 Å². The molecule has 3 heterocycles. The topological polar surface area (TPSA) is 140 Å². The number of nitrogens with one attached hydrogen (secondary N) is 1. The molecule has 0 bridgehead atoms. The third kappa shape index (κ3) is 6.64. The van der Waals surface area contributed by atoms with Crippen LogP contribution in [0.5, 0.6) is 0 Å². The van der Waals surface area contributed by atoms with E-state index in [-0.39, 0.29) is 88.0 Å². The summed E-state index contributed by atoms with van der Waals surface area (Å²) in [6, 6.07) is 9.26. The van der Waals surface area contributed by atoms with Gasteiger partial charge in [0.2, 0.25) is 0 Å². The maximum absolute atomic E-state index is 16.1. The summed E-state index contributed by atoms with van der Waals surface area (Å²) in [5.74, 6) is 4.34. The van der Waals surface area contributed by atoms with E-state index in [2.05, 4.69) is 16.0 Å². The van der Waals surface area contributed by atoms with Crippen molar-refractivity contribution in [1.82, 2.24) is 15.0 Å². The fourth-order valence-corrected chi connectivity index (χ4v) is 6.35. The van der Waals surface area contributed by atoms with Crippen LogP contribution in [-0.4, -0.2) is 40.3 Å². The molecule has 3 aromatic rings. The molecule has 42 heavy (non-hydrogen) atoms. The van der Waals surface area contributed by atoms with Gasteiger partial charge in [-0.05, 0) is 54.4 Å². The SMILES string of the molecule is [NH-]c1ccc(F)c(-c2c(F)cc(C3(F)CCOCC3)cc2CC2CC(c3[c-]cncc3)CC(N)C2N(N)/C=C\N)n1.[W+2]. The van der Waals surface area contributed by atoms with Gasteiger partial charge in [-0.15, -0.1) is 0 Å². The number of benzene rings is 1. The first kappa shape index (κ1) is 31.9. The van der Waals surface area contributed by atoms with Gasteiger partial charge in [0.15, 0.2) is 0 Å². The molecule has 4 atom stereocenters. The number of aromatic nitrogens is 2. The molecule has 1 saturated carbocycles. The molecule has 2 aromatic heterocycles. The number of hydrogen-bond donors (Lipinski definition) is 3. The molecule has 1 saturated heterocycles. The van der Waals surface area contributed by atoms with E-state index in [9.17, 15) is 0 Å². The minimum Gasteiger partial charge on any atom is -0.482 e. The van der Waals surface area contributed by atoms with E-state index in [1.165, 1.54) is 23.5 Å². The summed E-state index contributed by atoms with van der Waals surface area (Å²) in [7, 11) is 0. The zero-order chi connectivity index (χ0) is 29.1. The summed E-state index contributed by atoms with van der Waals surface area (Å²) in [6.07, 6.45) is 7.69. The molecule has 1 aromatic carbocycles. The first-order chi connectivity index (χ1) is 19.7. The zero-order valence-electron chi connectivity index (χ0n) is 23.0. The number of pyridine rings is 2. The van der Waals surface area contributed by atoms with Crippen LogP contribution in [0.2, 0.25) is 0 Å². The fourth-order valence-electron chi connectivity index (χ4n) is 6.35. The van der Waals surface area contributed by atoms with Gasteiger partial charge in [0.25, 0.3) is 0 Å². The van der Waals surface area contributed by atoms with Crippen molar-refractivity contribution in [2.75, 3.05) is 13.2 Å². The van der Waals surface area contributed by atoms with E-state index < -0.39 is 29.4 Å². The Balaban J connectivity index is 0.00000405. The maximum Gasteiger partial charge on any atom is 2.00 e. The number of ether oxygens (including phenoxy) is 1. The van der Waals surface area contributed by atoms with Crippen LogP contribution in [0.4, 0.5) is 19.0 Å². The third-order valence-electron chi connectivity index (χ3n) is 8.29. The minimum atomic E-state index is -1.80. The average Bonchev–Trinajstić information content (AvgIpc) is 2.95. The monoisotopic (exact) mass is 749 g/mol. The second-order valence-corrected chi connectivity index (χ2v) is 10.9. The van der Waals surface area contributed by atoms with Gasteiger partial charge in [-0.2, -0.15) is 6.07 Å². The van der Waals surface area contributed by atoms with Crippen LogP contribution in [0.25, 0.3) is 17.0 Å². The quantitative estimate of drug-likeness (QED) is 0.177. The summed E-state index contributed by atoms with van der Waals surface area (Å²) in [5, 5.41) is 1.46. The van der Waals surface area contributed by atoms with Crippen molar-refractivity contribution in [1.29, 1.82) is 0 Å². The number of rotatable bonds is 7. The van der Waals surface area contributed by atoms with Crippen molar-refractivity contribution in [2.45, 2.75) is 55.8 Å². The van der Waals surface area contributed by atoms with Crippen molar-refractivity contribution < 1.29 is 39.0 Å². The number of halogens is 3. The molecule has 1 aliphatic carbocycles. The van der Waals surface area contributed by atoms with E-state index in [0.717, 1.165) is 17.7 Å². The van der Waals surface area contributed by atoms with Gasteiger partial charge in [0, 0.05) is 55.8 Å². The molecule has 4 unspecified atom stereocenters. The number of nitrogens with zero attached hydrogens (tertiary/aromatic N) is 3. The summed E-state index contributed by atoms with van der Waals surface area (Å²) >= 11 is 0. The van der Waals surface area contributed by atoms with Gasteiger partial charge in [0.05, 0.1) is 6.04 Å². The number of hydrogen-bond acceptors (Lipinski definition) is 7. The first-order valence-electron chi connectivity index (χ1n) is 13.7. The smallest absolute Gasteiger partial charge is 0.482 e. The molecule has 5 rings (SSSR count). The molecule has 8 nitrogen and oxygen atoms in total. The molecular formula is C30H34F3N7OW. The Bertz CT molecular complexity index is 1390. The molecule has 7 N–H and O–H groups in total. The largest absolute Gasteiger partial charge is 2.00 e. The predicted octanol–water partition coefficient (Wildman–Crippen LogP) is 4.92. The van der Waals surface area contributed by atoms with Crippen LogP contribution < -0.4 is 17.3 Å². The Morgan fingerprint density at radius 3 is 2.60 bits per heavy atom. The number of nitrogens with two attached hydrogens (primary N) is 3. The minimum absolute atomic E-state index is 0. The van der Waals surface area contributed by atoms with Gasteiger partial charge >= 0.3 is 21.1 Å². The van der Waals surface area contributed by atoms with Gasteiger partial charge in [-0.1, -0.05) is 30.3 Å². The van der Waals surface area contributed by atoms with Gasteiger partial charge in [-0.3, -0.25) is 0 Å². The van der Waals surface area contributed by atoms with Crippen molar-refractivity contribution in [3.8, 4) is 11.3 Å². The average molecular weight is 749 g/mol. The Morgan fingerprint density at radius 2 is 1.90 bits per heavy atom. The molecule has 1 aliphatic heterocycles. The van der Waals surface area contributed by atoms with Crippen LogP contribution in [0, 0.1) is 23.6 Å².